The summed E-state index contributed by atoms with van der Waals surface area (Å²) in [6, 6.07) is 13.4. The van der Waals surface area contributed by atoms with Gasteiger partial charge in [-0.1, -0.05) is 45.9 Å². The molecule has 0 aliphatic carbocycles. The van der Waals surface area contributed by atoms with Crippen molar-refractivity contribution in [1.29, 1.82) is 0 Å². The Kier molecular flexibility index (Phi) is 5.96. The molecule has 2 unspecified atom stereocenters. The van der Waals surface area contributed by atoms with Crippen molar-refractivity contribution in [3.63, 3.8) is 0 Å². The number of aliphatic hydroxyl groups is 1. The third-order valence-corrected chi connectivity index (χ3v) is 4.94. The summed E-state index contributed by atoms with van der Waals surface area (Å²) in [5.41, 5.74) is 4.21. The first-order valence-electron chi connectivity index (χ1n) is 9.66. The lowest BCUT2D eigenvalue weighted by Gasteiger charge is -2.27. The Morgan fingerprint density at radius 2 is 1.82 bits per heavy atom. The van der Waals surface area contributed by atoms with Crippen LogP contribution in [-0.4, -0.2) is 28.7 Å². The highest BCUT2D eigenvalue weighted by molar-refractivity contribution is 5.73. The van der Waals surface area contributed by atoms with Crippen molar-refractivity contribution in [2.45, 2.75) is 45.3 Å². The van der Waals surface area contributed by atoms with Gasteiger partial charge < -0.3 is 15.2 Å². The number of fused-ring (bicyclic) bond motifs is 1. The summed E-state index contributed by atoms with van der Waals surface area (Å²) in [6.07, 6.45) is 0.909. The molecule has 0 fully saturated rings. The third kappa shape index (κ3) is 4.16. The molecule has 148 valence electrons. The molecule has 0 radical (unpaired) electrons. The topological polar surface area (TPSA) is 67.3 Å². The molecular formula is C23H29N3O2. The largest absolute Gasteiger partial charge is 0.496 e. The van der Waals surface area contributed by atoms with Gasteiger partial charge in [0, 0.05) is 5.56 Å². The number of aliphatic hydroxyl groups excluding tert-OH is 1. The Balaban J connectivity index is 2.06. The molecule has 3 aromatic rings. The van der Waals surface area contributed by atoms with Crippen LogP contribution in [0.25, 0.3) is 11.0 Å². The summed E-state index contributed by atoms with van der Waals surface area (Å²) in [5, 5.41) is 14.7. The first-order chi connectivity index (χ1) is 13.3. The first kappa shape index (κ1) is 20.2. The van der Waals surface area contributed by atoms with Crippen LogP contribution in [0.4, 0.5) is 0 Å². The number of likely N-dealkylation sites (N-methyl/N-ethyl adjacent to an activating group) is 1. The van der Waals surface area contributed by atoms with E-state index in [1.807, 2.05) is 49.4 Å². The molecular weight excluding hydrogens is 350 g/mol. The number of ether oxygens (including phenoxy) is 1. The minimum atomic E-state index is -0.826. The maximum absolute atomic E-state index is 11.3. The van der Waals surface area contributed by atoms with E-state index in [0.29, 0.717) is 18.0 Å². The number of nitrogens with zero attached hydrogens (tertiary/aromatic N) is 2. The smallest absolute Gasteiger partial charge is 0.124 e. The second-order valence-electron chi connectivity index (χ2n) is 7.97. The average Bonchev–Trinajstić information content (AvgIpc) is 2.70. The van der Waals surface area contributed by atoms with Crippen molar-refractivity contribution in [1.82, 2.24) is 15.3 Å². The Morgan fingerprint density at radius 1 is 1.11 bits per heavy atom. The van der Waals surface area contributed by atoms with Crippen LogP contribution >= 0.6 is 0 Å². The van der Waals surface area contributed by atoms with Crippen molar-refractivity contribution in [2.75, 3.05) is 13.7 Å². The highest BCUT2D eigenvalue weighted by atomic mass is 16.5. The maximum atomic E-state index is 11.3. The molecule has 0 aliphatic rings. The normalized spacial score (nSPS) is 14.1. The van der Waals surface area contributed by atoms with E-state index in [-0.39, 0.29) is 5.41 Å². The van der Waals surface area contributed by atoms with Crippen LogP contribution in [-0.2, 0) is 5.41 Å². The zero-order valence-corrected chi connectivity index (χ0v) is 17.2. The monoisotopic (exact) mass is 379 g/mol. The van der Waals surface area contributed by atoms with Crippen LogP contribution in [0.2, 0.25) is 0 Å². The van der Waals surface area contributed by atoms with Crippen LogP contribution in [0.1, 0.15) is 56.7 Å². The van der Waals surface area contributed by atoms with Gasteiger partial charge in [-0.15, -0.1) is 0 Å². The van der Waals surface area contributed by atoms with Crippen LogP contribution < -0.4 is 10.1 Å². The predicted molar refractivity (Wildman–Crippen MR) is 113 cm³/mol. The van der Waals surface area contributed by atoms with Gasteiger partial charge in [0.1, 0.15) is 11.9 Å². The molecule has 1 aromatic heterocycles. The Hall–Kier alpha value is -2.50. The molecule has 2 atom stereocenters. The average molecular weight is 380 g/mol. The van der Waals surface area contributed by atoms with Crippen LogP contribution in [0.15, 0.2) is 48.7 Å². The van der Waals surface area contributed by atoms with Crippen molar-refractivity contribution < 1.29 is 9.84 Å². The molecule has 5 nitrogen and oxygen atoms in total. The van der Waals surface area contributed by atoms with E-state index < -0.39 is 12.1 Å². The lowest BCUT2D eigenvalue weighted by Crippen LogP contribution is -2.28. The number of rotatable bonds is 6. The molecule has 0 saturated carbocycles. The zero-order valence-electron chi connectivity index (χ0n) is 17.2. The van der Waals surface area contributed by atoms with Crippen molar-refractivity contribution >= 4 is 11.0 Å². The van der Waals surface area contributed by atoms with E-state index in [4.69, 9.17) is 9.72 Å². The van der Waals surface area contributed by atoms with Crippen LogP contribution in [0.5, 0.6) is 5.75 Å². The van der Waals surface area contributed by atoms with Gasteiger partial charge in [0.05, 0.1) is 36.1 Å². The molecule has 0 amide bonds. The second-order valence-corrected chi connectivity index (χ2v) is 7.97. The molecule has 28 heavy (non-hydrogen) atoms. The highest BCUT2D eigenvalue weighted by Crippen LogP contribution is 2.36. The predicted octanol–water partition coefficient (Wildman–Crippen LogP) is 4.32. The van der Waals surface area contributed by atoms with Gasteiger partial charge in [-0.25, -0.2) is 4.98 Å². The van der Waals surface area contributed by atoms with Crippen molar-refractivity contribution in [2.24, 2.45) is 0 Å². The van der Waals surface area contributed by atoms with E-state index in [1.165, 1.54) is 0 Å². The Labute approximate surface area is 166 Å². The van der Waals surface area contributed by atoms with Crippen molar-refractivity contribution in [3.8, 4) is 5.75 Å². The molecule has 0 aliphatic heterocycles. The van der Waals surface area contributed by atoms with E-state index in [1.54, 1.807) is 13.3 Å². The molecule has 0 spiro atoms. The van der Waals surface area contributed by atoms with E-state index in [9.17, 15) is 5.11 Å². The van der Waals surface area contributed by atoms with Gasteiger partial charge in [0.2, 0.25) is 0 Å². The summed E-state index contributed by atoms with van der Waals surface area (Å²) < 4.78 is 5.54. The molecule has 3 rings (SSSR count). The summed E-state index contributed by atoms with van der Waals surface area (Å²) in [6.45, 7) is 9.17. The fourth-order valence-electron chi connectivity index (χ4n) is 3.33. The molecule has 0 bridgehead atoms. The van der Waals surface area contributed by atoms with E-state index in [2.05, 4.69) is 31.1 Å². The summed E-state index contributed by atoms with van der Waals surface area (Å²) in [4.78, 5) is 9.26. The second kappa shape index (κ2) is 8.25. The number of nitrogens with one attached hydrogen (secondary N) is 1. The molecule has 0 saturated heterocycles. The lowest BCUT2D eigenvalue weighted by atomic mass is 9.84. The molecule has 2 aromatic carbocycles. The third-order valence-electron chi connectivity index (χ3n) is 4.94. The fourth-order valence-corrected chi connectivity index (χ4v) is 3.33. The van der Waals surface area contributed by atoms with Gasteiger partial charge in [-0.05, 0) is 41.8 Å². The number of aromatic nitrogens is 2. The van der Waals surface area contributed by atoms with Crippen LogP contribution in [0.3, 0.4) is 0 Å². The van der Waals surface area contributed by atoms with Crippen molar-refractivity contribution in [3.05, 3.63) is 65.5 Å². The Bertz CT molecular complexity index is 950. The number of benzene rings is 2. The highest BCUT2D eigenvalue weighted by Gasteiger charge is 2.28. The SMILES string of the molecule is CCNC(c1cnc2ccccc2n1)C(O)c1cc(C(C)(C)C)ccc1OC. The standard InChI is InChI=1S/C23H29N3O2/c1-6-24-21(19-14-25-17-9-7-8-10-18(17)26-19)22(27)16-13-15(23(2,3)4)11-12-20(16)28-5/h7-14,21-22,24,27H,6H2,1-5H3. The lowest BCUT2D eigenvalue weighted by molar-refractivity contribution is 0.124. The number of para-hydroxylation sites is 2. The van der Waals surface area contributed by atoms with E-state index >= 15 is 0 Å². The first-order valence-corrected chi connectivity index (χ1v) is 9.66. The molecule has 1 heterocycles. The number of methoxy groups -OCH3 is 1. The summed E-state index contributed by atoms with van der Waals surface area (Å²) in [7, 11) is 1.63. The Morgan fingerprint density at radius 3 is 2.46 bits per heavy atom. The fraction of sp³-hybridized carbons (Fsp3) is 0.391. The van der Waals surface area contributed by atoms with Gasteiger partial charge in [0.15, 0.2) is 0 Å². The van der Waals surface area contributed by atoms with E-state index in [0.717, 1.165) is 22.2 Å². The maximum Gasteiger partial charge on any atom is 0.124 e. The van der Waals surface area contributed by atoms with Gasteiger partial charge >= 0.3 is 0 Å². The molecule has 2 N–H and O–H groups in total. The minimum Gasteiger partial charge on any atom is -0.496 e. The number of hydrogen-bond donors (Lipinski definition) is 2. The number of hydrogen-bond acceptors (Lipinski definition) is 5. The molecule has 5 heteroatoms. The zero-order chi connectivity index (χ0) is 20.3. The van der Waals surface area contributed by atoms with Gasteiger partial charge in [-0.2, -0.15) is 0 Å². The van der Waals surface area contributed by atoms with Crippen LogP contribution in [0, 0.1) is 0 Å². The summed E-state index contributed by atoms with van der Waals surface area (Å²) >= 11 is 0. The summed E-state index contributed by atoms with van der Waals surface area (Å²) in [5.74, 6) is 0.664. The minimum absolute atomic E-state index is 0.0306. The quantitative estimate of drug-likeness (QED) is 0.668. The van der Waals surface area contributed by atoms with Gasteiger partial charge in [-0.3, -0.25) is 4.98 Å². The van der Waals surface area contributed by atoms with Gasteiger partial charge in [0.25, 0.3) is 0 Å².